The van der Waals surface area contributed by atoms with Crippen LogP contribution in [0.5, 0.6) is 6.01 Å². The number of benzene rings is 1. The van der Waals surface area contributed by atoms with E-state index in [0.717, 1.165) is 17.9 Å². The van der Waals surface area contributed by atoms with Crippen LogP contribution in [0.4, 0.5) is 0 Å². The first-order valence-corrected chi connectivity index (χ1v) is 10.9. The van der Waals surface area contributed by atoms with Gasteiger partial charge in [0.2, 0.25) is 0 Å². The Labute approximate surface area is 164 Å². The van der Waals surface area contributed by atoms with Crippen molar-refractivity contribution in [1.82, 2.24) is 9.97 Å². The molecule has 27 heavy (non-hydrogen) atoms. The van der Waals surface area contributed by atoms with Gasteiger partial charge < -0.3 is 4.74 Å². The van der Waals surface area contributed by atoms with Crippen molar-refractivity contribution in [2.24, 2.45) is 0 Å². The van der Waals surface area contributed by atoms with E-state index in [-0.39, 0.29) is 0 Å². The molecule has 0 radical (unpaired) electrons. The Bertz CT molecular complexity index is 645. The maximum atomic E-state index is 5.68. The van der Waals surface area contributed by atoms with Crippen LogP contribution in [0, 0.1) is 0 Å². The molecule has 0 N–H and O–H groups in total. The summed E-state index contributed by atoms with van der Waals surface area (Å²) >= 11 is 0. The quantitative estimate of drug-likeness (QED) is 0.428. The molecular weight excluding hydrogens is 332 g/mol. The number of aromatic nitrogens is 2. The Hall–Kier alpha value is -1.90. The molecule has 0 saturated heterocycles. The van der Waals surface area contributed by atoms with Crippen LogP contribution in [0.1, 0.15) is 89.0 Å². The standard InChI is InChI=1S/C24H34N2O/c1-2-3-4-5-6-10-17-27-24-25-18-23(19-26-24)22-15-13-21(14-16-22)20-11-8-7-9-12-20/h13-16,18-20H,2-12,17H2,1H3. The molecule has 1 aromatic heterocycles. The Morgan fingerprint density at radius 3 is 2.19 bits per heavy atom. The molecule has 0 aliphatic heterocycles. The van der Waals surface area contributed by atoms with Gasteiger partial charge in [0.05, 0.1) is 6.61 Å². The Morgan fingerprint density at radius 2 is 1.48 bits per heavy atom. The van der Waals surface area contributed by atoms with Crippen molar-refractivity contribution >= 4 is 0 Å². The number of ether oxygens (including phenoxy) is 1. The van der Waals surface area contributed by atoms with Crippen molar-refractivity contribution in [2.75, 3.05) is 6.61 Å². The minimum Gasteiger partial charge on any atom is -0.463 e. The Kier molecular flexibility index (Phi) is 8.13. The maximum Gasteiger partial charge on any atom is 0.316 e. The summed E-state index contributed by atoms with van der Waals surface area (Å²) in [7, 11) is 0. The molecule has 1 aliphatic rings. The summed E-state index contributed by atoms with van der Waals surface area (Å²) in [6, 6.07) is 9.48. The number of unbranched alkanes of at least 4 members (excludes halogenated alkanes) is 5. The molecule has 1 aliphatic carbocycles. The molecule has 146 valence electrons. The third-order valence-corrected chi connectivity index (χ3v) is 5.68. The van der Waals surface area contributed by atoms with E-state index >= 15 is 0 Å². The predicted molar refractivity (Wildman–Crippen MR) is 112 cm³/mol. The number of hydrogen-bond donors (Lipinski definition) is 0. The largest absolute Gasteiger partial charge is 0.463 e. The molecule has 0 atom stereocenters. The monoisotopic (exact) mass is 366 g/mol. The van der Waals surface area contributed by atoms with Gasteiger partial charge in [-0.3, -0.25) is 0 Å². The summed E-state index contributed by atoms with van der Waals surface area (Å²) in [6.07, 6.45) is 18.2. The zero-order valence-electron chi connectivity index (χ0n) is 16.8. The highest BCUT2D eigenvalue weighted by atomic mass is 16.5. The van der Waals surface area contributed by atoms with E-state index in [0.29, 0.717) is 12.6 Å². The number of hydrogen-bond acceptors (Lipinski definition) is 3. The van der Waals surface area contributed by atoms with Gasteiger partial charge in [0, 0.05) is 18.0 Å². The van der Waals surface area contributed by atoms with Crippen LogP contribution in [-0.2, 0) is 0 Å². The lowest BCUT2D eigenvalue weighted by molar-refractivity contribution is 0.281. The van der Waals surface area contributed by atoms with Crippen molar-refractivity contribution in [3.63, 3.8) is 0 Å². The van der Waals surface area contributed by atoms with Crippen LogP contribution >= 0.6 is 0 Å². The van der Waals surface area contributed by atoms with Gasteiger partial charge in [-0.1, -0.05) is 82.6 Å². The van der Waals surface area contributed by atoms with Crippen molar-refractivity contribution in [3.8, 4) is 17.1 Å². The molecule has 0 bridgehead atoms. The van der Waals surface area contributed by atoms with Crippen molar-refractivity contribution < 1.29 is 4.74 Å². The summed E-state index contributed by atoms with van der Waals surface area (Å²) in [5, 5.41) is 0. The minimum absolute atomic E-state index is 0.492. The number of rotatable bonds is 10. The van der Waals surface area contributed by atoms with Gasteiger partial charge in [0.25, 0.3) is 0 Å². The fourth-order valence-electron chi connectivity index (χ4n) is 3.97. The van der Waals surface area contributed by atoms with Gasteiger partial charge in [-0.25, -0.2) is 9.97 Å². The topological polar surface area (TPSA) is 35.0 Å². The van der Waals surface area contributed by atoms with Gasteiger partial charge in [0.1, 0.15) is 0 Å². The molecule has 2 aromatic rings. The minimum atomic E-state index is 0.492. The van der Waals surface area contributed by atoms with Crippen molar-refractivity contribution in [2.45, 2.75) is 83.5 Å². The highest BCUT2D eigenvalue weighted by molar-refractivity contribution is 5.61. The zero-order chi connectivity index (χ0) is 18.7. The van der Waals surface area contributed by atoms with Gasteiger partial charge in [-0.05, 0) is 36.3 Å². The molecular formula is C24H34N2O. The Balaban J connectivity index is 1.45. The SMILES string of the molecule is CCCCCCCCOc1ncc(-c2ccc(C3CCCCC3)cc2)cn1. The predicted octanol–water partition coefficient (Wildman–Crippen LogP) is 6.93. The van der Waals surface area contributed by atoms with E-state index in [9.17, 15) is 0 Å². The lowest BCUT2D eigenvalue weighted by atomic mass is 9.84. The first-order chi connectivity index (χ1) is 13.4. The van der Waals surface area contributed by atoms with Gasteiger partial charge in [0.15, 0.2) is 0 Å². The fourth-order valence-corrected chi connectivity index (χ4v) is 3.97. The molecule has 1 heterocycles. The van der Waals surface area contributed by atoms with E-state index in [1.807, 2.05) is 12.4 Å². The highest BCUT2D eigenvalue weighted by Crippen LogP contribution is 2.33. The molecule has 3 heteroatoms. The lowest BCUT2D eigenvalue weighted by Crippen LogP contribution is -2.04. The van der Waals surface area contributed by atoms with Crippen LogP contribution < -0.4 is 4.74 Å². The molecule has 0 amide bonds. The first-order valence-electron chi connectivity index (χ1n) is 10.9. The van der Waals surface area contributed by atoms with E-state index in [1.54, 1.807) is 0 Å². The summed E-state index contributed by atoms with van der Waals surface area (Å²) in [4.78, 5) is 8.76. The van der Waals surface area contributed by atoms with E-state index < -0.39 is 0 Å². The van der Waals surface area contributed by atoms with Gasteiger partial charge in [-0.15, -0.1) is 0 Å². The lowest BCUT2D eigenvalue weighted by Gasteiger charge is -2.22. The summed E-state index contributed by atoms with van der Waals surface area (Å²) < 4.78 is 5.68. The maximum absolute atomic E-state index is 5.68. The summed E-state index contributed by atoms with van der Waals surface area (Å²) in [5.41, 5.74) is 3.72. The van der Waals surface area contributed by atoms with Crippen LogP contribution in [0.15, 0.2) is 36.7 Å². The molecule has 3 nitrogen and oxygen atoms in total. The summed E-state index contributed by atoms with van der Waals surface area (Å²) in [6.45, 7) is 2.96. The van der Waals surface area contributed by atoms with Crippen LogP contribution in [0.25, 0.3) is 11.1 Å². The molecule has 0 spiro atoms. The third kappa shape index (κ3) is 6.34. The molecule has 1 fully saturated rings. The number of nitrogens with zero attached hydrogens (tertiary/aromatic N) is 2. The van der Waals surface area contributed by atoms with Crippen LogP contribution in [-0.4, -0.2) is 16.6 Å². The molecule has 3 rings (SSSR count). The van der Waals surface area contributed by atoms with E-state index in [2.05, 4.69) is 41.2 Å². The zero-order valence-corrected chi connectivity index (χ0v) is 16.8. The molecule has 0 unspecified atom stereocenters. The molecule has 1 aromatic carbocycles. The second kappa shape index (κ2) is 11.1. The average Bonchev–Trinajstić information content (AvgIpc) is 2.74. The summed E-state index contributed by atoms with van der Waals surface area (Å²) in [5.74, 6) is 0.752. The third-order valence-electron chi connectivity index (χ3n) is 5.68. The van der Waals surface area contributed by atoms with Crippen molar-refractivity contribution in [1.29, 1.82) is 0 Å². The first kappa shape index (κ1) is 19.9. The normalized spacial score (nSPS) is 15.0. The van der Waals surface area contributed by atoms with Crippen LogP contribution in [0.2, 0.25) is 0 Å². The van der Waals surface area contributed by atoms with Crippen molar-refractivity contribution in [3.05, 3.63) is 42.2 Å². The van der Waals surface area contributed by atoms with Crippen LogP contribution in [0.3, 0.4) is 0 Å². The average molecular weight is 367 g/mol. The second-order valence-corrected chi connectivity index (χ2v) is 7.83. The van der Waals surface area contributed by atoms with Gasteiger partial charge in [-0.2, -0.15) is 0 Å². The smallest absolute Gasteiger partial charge is 0.316 e. The Morgan fingerprint density at radius 1 is 0.815 bits per heavy atom. The van der Waals surface area contributed by atoms with E-state index in [4.69, 9.17) is 4.74 Å². The highest BCUT2D eigenvalue weighted by Gasteiger charge is 2.15. The fraction of sp³-hybridized carbons (Fsp3) is 0.583. The molecule has 1 saturated carbocycles. The van der Waals surface area contributed by atoms with E-state index in [1.165, 1.54) is 75.3 Å². The second-order valence-electron chi connectivity index (χ2n) is 7.83. The van der Waals surface area contributed by atoms with Gasteiger partial charge >= 0.3 is 6.01 Å².